The molecule has 1 N–H and O–H groups in total. The Morgan fingerprint density at radius 3 is 2.50 bits per heavy atom. The van der Waals surface area contributed by atoms with Crippen molar-refractivity contribution in [2.75, 3.05) is 39.3 Å². The minimum Gasteiger partial charge on any atom is -0.395 e. The summed E-state index contributed by atoms with van der Waals surface area (Å²) >= 11 is 1.77. The molecule has 1 fully saturated rings. The number of thiazole rings is 1. The molecule has 2 rings (SSSR count). The molecule has 1 aliphatic rings. The molecule has 4 nitrogen and oxygen atoms in total. The molecule has 0 aliphatic carbocycles. The van der Waals surface area contributed by atoms with Crippen LogP contribution in [0.1, 0.15) is 30.5 Å². The number of rotatable bonds is 5. The van der Waals surface area contributed by atoms with Gasteiger partial charge in [0.25, 0.3) is 0 Å². The second kappa shape index (κ2) is 6.61. The maximum absolute atomic E-state index is 8.91. The minimum absolute atomic E-state index is 0.268. The van der Waals surface area contributed by atoms with Gasteiger partial charge in [0.1, 0.15) is 0 Å². The van der Waals surface area contributed by atoms with Gasteiger partial charge in [0, 0.05) is 50.6 Å². The number of hydrogen-bond donors (Lipinski definition) is 1. The van der Waals surface area contributed by atoms with E-state index in [1.54, 1.807) is 11.3 Å². The van der Waals surface area contributed by atoms with Gasteiger partial charge in [-0.3, -0.25) is 9.80 Å². The predicted molar refractivity (Wildman–Crippen MR) is 75.0 cm³/mol. The van der Waals surface area contributed by atoms with E-state index in [-0.39, 0.29) is 6.61 Å². The van der Waals surface area contributed by atoms with Gasteiger partial charge in [-0.15, -0.1) is 11.3 Å². The Bertz CT molecular complexity index is 359. The Kier molecular flexibility index (Phi) is 5.12. The summed E-state index contributed by atoms with van der Waals surface area (Å²) in [6, 6.07) is 0. The second-order valence-electron chi connectivity index (χ2n) is 5.17. The Morgan fingerprint density at radius 2 is 1.94 bits per heavy atom. The third-order valence-corrected chi connectivity index (χ3v) is 4.52. The van der Waals surface area contributed by atoms with E-state index in [0.29, 0.717) is 5.92 Å². The molecular weight excluding hydrogens is 246 g/mol. The third-order valence-electron chi connectivity index (χ3n) is 3.33. The number of aliphatic hydroxyl groups excluding tert-OH is 1. The maximum Gasteiger partial charge on any atom is 0.0954 e. The van der Waals surface area contributed by atoms with E-state index < -0.39 is 0 Å². The van der Waals surface area contributed by atoms with Gasteiger partial charge in [-0.2, -0.15) is 0 Å². The van der Waals surface area contributed by atoms with Crippen molar-refractivity contribution in [2.24, 2.45) is 0 Å². The van der Waals surface area contributed by atoms with E-state index in [1.165, 1.54) is 10.7 Å². The number of piperazine rings is 1. The van der Waals surface area contributed by atoms with Gasteiger partial charge in [-0.25, -0.2) is 4.98 Å². The summed E-state index contributed by atoms with van der Waals surface area (Å²) in [6.45, 7) is 10.7. The smallest absolute Gasteiger partial charge is 0.0954 e. The average molecular weight is 269 g/mol. The molecular formula is C13H23N3OS. The summed E-state index contributed by atoms with van der Waals surface area (Å²) in [5.41, 5.74) is 1.21. The van der Waals surface area contributed by atoms with Crippen LogP contribution in [0.2, 0.25) is 0 Å². The molecule has 102 valence electrons. The standard InChI is InChI=1S/C13H23N3OS/c1-11(2)13-14-12(10-18-13)9-16-5-3-15(4-6-16)7-8-17/h10-11,17H,3-9H2,1-2H3. The molecule has 1 aliphatic heterocycles. The fourth-order valence-corrected chi connectivity index (χ4v) is 3.03. The predicted octanol–water partition coefficient (Wildman–Crippen LogP) is 1.38. The zero-order chi connectivity index (χ0) is 13.0. The first-order valence-corrected chi connectivity index (χ1v) is 7.57. The molecule has 0 saturated carbocycles. The Labute approximate surface area is 113 Å². The summed E-state index contributed by atoms with van der Waals surface area (Å²) in [5, 5.41) is 12.3. The van der Waals surface area contributed by atoms with Gasteiger partial charge in [0.2, 0.25) is 0 Å². The largest absolute Gasteiger partial charge is 0.395 e. The van der Waals surface area contributed by atoms with Crippen molar-refractivity contribution in [3.8, 4) is 0 Å². The van der Waals surface area contributed by atoms with Gasteiger partial charge in [0.05, 0.1) is 17.3 Å². The van der Waals surface area contributed by atoms with Crippen LogP contribution in [-0.2, 0) is 6.54 Å². The van der Waals surface area contributed by atoms with Crippen LogP contribution in [0.3, 0.4) is 0 Å². The zero-order valence-electron chi connectivity index (χ0n) is 11.3. The Hall–Kier alpha value is -0.490. The molecule has 0 spiro atoms. The first-order chi connectivity index (χ1) is 8.69. The number of nitrogens with zero attached hydrogens (tertiary/aromatic N) is 3. The monoisotopic (exact) mass is 269 g/mol. The van der Waals surface area contributed by atoms with E-state index >= 15 is 0 Å². The summed E-state index contributed by atoms with van der Waals surface area (Å²) in [6.07, 6.45) is 0. The lowest BCUT2D eigenvalue weighted by Gasteiger charge is -2.33. The van der Waals surface area contributed by atoms with Gasteiger partial charge in [-0.05, 0) is 0 Å². The van der Waals surface area contributed by atoms with Crippen LogP contribution >= 0.6 is 11.3 Å². The number of aliphatic hydroxyl groups is 1. The highest BCUT2D eigenvalue weighted by Crippen LogP contribution is 2.20. The Balaban J connectivity index is 1.80. The highest BCUT2D eigenvalue weighted by Gasteiger charge is 2.17. The molecule has 2 heterocycles. The fourth-order valence-electron chi connectivity index (χ4n) is 2.20. The quantitative estimate of drug-likeness (QED) is 0.876. The van der Waals surface area contributed by atoms with Crippen LogP contribution < -0.4 is 0 Å². The second-order valence-corrected chi connectivity index (χ2v) is 6.06. The first-order valence-electron chi connectivity index (χ1n) is 6.69. The van der Waals surface area contributed by atoms with Crippen LogP contribution in [0.5, 0.6) is 0 Å². The summed E-state index contributed by atoms with van der Waals surface area (Å²) in [4.78, 5) is 9.45. The van der Waals surface area contributed by atoms with E-state index in [0.717, 1.165) is 39.3 Å². The van der Waals surface area contributed by atoms with Gasteiger partial charge in [-0.1, -0.05) is 13.8 Å². The lowest BCUT2D eigenvalue weighted by Crippen LogP contribution is -2.46. The lowest BCUT2D eigenvalue weighted by molar-refractivity contribution is 0.108. The van der Waals surface area contributed by atoms with E-state index in [4.69, 9.17) is 5.11 Å². The molecule has 1 saturated heterocycles. The van der Waals surface area contributed by atoms with Crippen molar-refractivity contribution < 1.29 is 5.11 Å². The van der Waals surface area contributed by atoms with Crippen molar-refractivity contribution in [1.82, 2.24) is 14.8 Å². The maximum atomic E-state index is 8.91. The average Bonchev–Trinajstić information content (AvgIpc) is 2.81. The van der Waals surface area contributed by atoms with Crippen molar-refractivity contribution in [1.29, 1.82) is 0 Å². The molecule has 0 bridgehead atoms. The molecule has 5 heteroatoms. The lowest BCUT2D eigenvalue weighted by atomic mass is 10.2. The van der Waals surface area contributed by atoms with Crippen LogP contribution in [0.4, 0.5) is 0 Å². The molecule has 0 amide bonds. The molecule has 1 aromatic heterocycles. The van der Waals surface area contributed by atoms with E-state index in [9.17, 15) is 0 Å². The molecule has 1 aromatic rings. The highest BCUT2D eigenvalue weighted by atomic mass is 32.1. The molecule has 0 aromatic carbocycles. The number of β-amino-alcohol motifs (C(OH)–C–C–N with tert-alkyl or cyclic N) is 1. The fraction of sp³-hybridized carbons (Fsp3) is 0.769. The van der Waals surface area contributed by atoms with Crippen molar-refractivity contribution in [3.63, 3.8) is 0 Å². The molecule has 18 heavy (non-hydrogen) atoms. The van der Waals surface area contributed by atoms with Crippen molar-refractivity contribution in [3.05, 3.63) is 16.1 Å². The first kappa shape index (κ1) is 13.9. The topological polar surface area (TPSA) is 39.6 Å². The molecule has 0 unspecified atom stereocenters. The Morgan fingerprint density at radius 1 is 1.28 bits per heavy atom. The van der Waals surface area contributed by atoms with Crippen LogP contribution in [0.25, 0.3) is 0 Å². The van der Waals surface area contributed by atoms with E-state index in [2.05, 4.69) is 34.0 Å². The van der Waals surface area contributed by atoms with Gasteiger partial charge >= 0.3 is 0 Å². The zero-order valence-corrected chi connectivity index (χ0v) is 12.1. The van der Waals surface area contributed by atoms with Gasteiger partial charge < -0.3 is 5.11 Å². The van der Waals surface area contributed by atoms with Crippen molar-refractivity contribution in [2.45, 2.75) is 26.3 Å². The summed E-state index contributed by atoms with van der Waals surface area (Å²) in [7, 11) is 0. The van der Waals surface area contributed by atoms with Crippen LogP contribution in [0.15, 0.2) is 5.38 Å². The normalized spacial score (nSPS) is 18.7. The SMILES string of the molecule is CC(C)c1nc(CN2CCN(CCO)CC2)cs1. The van der Waals surface area contributed by atoms with Crippen molar-refractivity contribution >= 4 is 11.3 Å². The minimum atomic E-state index is 0.268. The number of aromatic nitrogens is 1. The van der Waals surface area contributed by atoms with Gasteiger partial charge in [0.15, 0.2) is 0 Å². The summed E-state index contributed by atoms with van der Waals surface area (Å²) in [5.74, 6) is 0.533. The van der Waals surface area contributed by atoms with E-state index in [1.807, 2.05) is 0 Å². The van der Waals surface area contributed by atoms with Crippen LogP contribution in [0, 0.1) is 0 Å². The molecule has 0 atom stereocenters. The molecule has 0 radical (unpaired) electrons. The third kappa shape index (κ3) is 3.75. The summed E-state index contributed by atoms with van der Waals surface area (Å²) < 4.78 is 0. The number of hydrogen-bond acceptors (Lipinski definition) is 5. The highest BCUT2D eigenvalue weighted by molar-refractivity contribution is 7.09. The van der Waals surface area contributed by atoms with Crippen LogP contribution in [-0.4, -0.2) is 59.2 Å².